The molecule has 22 heavy (non-hydrogen) atoms. The summed E-state index contributed by atoms with van der Waals surface area (Å²) in [6.45, 7) is 4.32. The van der Waals surface area contributed by atoms with E-state index >= 15 is 0 Å². The molecular weight excluding hydrogens is 296 g/mol. The Morgan fingerprint density at radius 2 is 1.86 bits per heavy atom. The SMILES string of the molecule is Cc1cc(NC(=O)c2ccccc2Cl)ccc1N1CCCC1. The van der Waals surface area contributed by atoms with E-state index in [2.05, 4.69) is 23.2 Å². The van der Waals surface area contributed by atoms with E-state index in [4.69, 9.17) is 11.6 Å². The highest BCUT2D eigenvalue weighted by atomic mass is 35.5. The third kappa shape index (κ3) is 3.09. The third-order valence-electron chi connectivity index (χ3n) is 4.02. The first kappa shape index (κ1) is 14.9. The molecule has 2 aromatic rings. The smallest absolute Gasteiger partial charge is 0.257 e. The van der Waals surface area contributed by atoms with Crippen molar-refractivity contribution in [1.29, 1.82) is 0 Å². The lowest BCUT2D eigenvalue weighted by molar-refractivity contribution is 0.102. The molecule has 2 aromatic carbocycles. The third-order valence-corrected chi connectivity index (χ3v) is 4.35. The van der Waals surface area contributed by atoms with Crippen LogP contribution in [0.5, 0.6) is 0 Å². The Labute approximate surface area is 135 Å². The van der Waals surface area contributed by atoms with E-state index < -0.39 is 0 Å². The maximum atomic E-state index is 12.3. The molecule has 114 valence electrons. The molecule has 1 amide bonds. The van der Waals surface area contributed by atoms with Gasteiger partial charge >= 0.3 is 0 Å². The minimum Gasteiger partial charge on any atom is -0.371 e. The molecule has 0 unspecified atom stereocenters. The number of nitrogens with zero attached hydrogens (tertiary/aromatic N) is 1. The summed E-state index contributed by atoms with van der Waals surface area (Å²) in [5.74, 6) is -0.182. The first-order valence-electron chi connectivity index (χ1n) is 7.56. The van der Waals surface area contributed by atoms with E-state index in [1.54, 1.807) is 12.1 Å². The largest absolute Gasteiger partial charge is 0.371 e. The fourth-order valence-electron chi connectivity index (χ4n) is 2.89. The standard InChI is InChI=1S/C18H19ClN2O/c1-13-12-14(8-9-17(13)21-10-4-5-11-21)20-18(22)15-6-2-3-7-16(15)19/h2-3,6-9,12H,4-5,10-11H2,1H3,(H,20,22). The van der Waals surface area contributed by atoms with Crippen LogP contribution in [0.2, 0.25) is 5.02 Å². The van der Waals surface area contributed by atoms with Gasteiger partial charge in [-0.1, -0.05) is 23.7 Å². The number of hydrogen-bond donors (Lipinski definition) is 1. The van der Waals surface area contributed by atoms with Gasteiger partial charge in [0.2, 0.25) is 0 Å². The molecule has 3 nitrogen and oxygen atoms in total. The number of amides is 1. The fraction of sp³-hybridized carbons (Fsp3) is 0.278. The van der Waals surface area contributed by atoms with Crippen molar-refractivity contribution in [3.63, 3.8) is 0 Å². The van der Waals surface area contributed by atoms with E-state index in [0.29, 0.717) is 10.6 Å². The molecule has 1 aliphatic heterocycles. The molecule has 1 N–H and O–H groups in total. The van der Waals surface area contributed by atoms with Crippen LogP contribution < -0.4 is 10.2 Å². The van der Waals surface area contributed by atoms with Gasteiger partial charge in [0.15, 0.2) is 0 Å². The van der Waals surface area contributed by atoms with E-state index in [-0.39, 0.29) is 5.91 Å². The maximum Gasteiger partial charge on any atom is 0.257 e. The molecule has 0 saturated carbocycles. The maximum absolute atomic E-state index is 12.3. The Morgan fingerprint density at radius 3 is 2.55 bits per heavy atom. The highest BCUT2D eigenvalue weighted by molar-refractivity contribution is 6.34. The summed E-state index contributed by atoms with van der Waals surface area (Å²) < 4.78 is 0. The van der Waals surface area contributed by atoms with Gasteiger partial charge in [0.1, 0.15) is 0 Å². The molecule has 0 bridgehead atoms. The van der Waals surface area contributed by atoms with Gasteiger partial charge in [0.25, 0.3) is 5.91 Å². The van der Waals surface area contributed by atoms with Gasteiger partial charge in [-0.2, -0.15) is 0 Å². The highest BCUT2D eigenvalue weighted by Gasteiger charge is 2.15. The van der Waals surface area contributed by atoms with Crippen molar-refractivity contribution in [3.05, 3.63) is 58.6 Å². The molecular formula is C18H19ClN2O. The van der Waals surface area contributed by atoms with Crippen LogP contribution >= 0.6 is 11.6 Å². The van der Waals surface area contributed by atoms with E-state index in [0.717, 1.165) is 18.8 Å². The molecule has 0 spiro atoms. The molecule has 1 saturated heterocycles. The topological polar surface area (TPSA) is 32.3 Å². The van der Waals surface area contributed by atoms with Gasteiger partial charge in [0.05, 0.1) is 10.6 Å². The van der Waals surface area contributed by atoms with Gasteiger partial charge in [-0.3, -0.25) is 4.79 Å². The molecule has 1 heterocycles. The Kier molecular flexibility index (Phi) is 4.34. The summed E-state index contributed by atoms with van der Waals surface area (Å²) >= 11 is 6.06. The average Bonchev–Trinajstić information content (AvgIpc) is 3.01. The molecule has 1 aliphatic rings. The number of rotatable bonds is 3. The Bertz CT molecular complexity index is 693. The van der Waals surface area contributed by atoms with Crippen LogP contribution in [0.4, 0.5) is 11.4 Å². The zero-order valence-electron chi connectivity index (χ0n) is 12.6. The zero-order valence-corrected chi connectivity index (χ0v) is 13.4. The first-order chi connectivity index (χ1) is 10.6. The lowest BCUT2D eigenvalue weighted by atomic mass is 10.1. The van der Waals surface area contributed by atoms with Crippen LogP contribution in [0.1, 0.15) is 28.8 Å². The minimum absolute atomic E-state index is 0.182. The lowest BCUT2D eigenvalue weighted by Crippen LogP contribution is -2.19. The molecule has 0 atom stereocenters. The Balaban J connectivity index is 1.77. The summed E-state index contributed by atoms with van der Waals surface area (Å²) in [7, 11) is 0. The number of carbonyl (C=O) groups excluding carboxylic acids is 1. The predicted molar refractivity (Wildman–Crippen MR) is 92.0 cm³/mol. The van der Waals surface area contributed by atoms with Crippen LogP contribution in [0.15, 0.2) is 42.5 Å². The summed E-state index contributed by atoms with van der Waals surface area (Å²) in [5, 5.41) is 3.38. The van der Waals surface area contributed by atoms with Crippen LogP contribution in [0, 0.1) is 6.92 Å². The van der Waals surface area contributed by atoms with Crippen molar-refractivity contribution in [1.82, 2.24) is 0 Å². The second-order valence-electron chi connectivity index (χ2n) is 5.63. The van der Waals surface area contributed by atoms with Crippen molar-refractivity contribution in [3.8, 4) is 0 Å². The van der Waals surface area contributed by atoms with Gasteiger partial charge in [-0.05, 0) is 55.7 Å². The van der Waals surface area contributed by atoms with Crippen molar-refractivity contribution >= 4 is 28.9 Å². The van der Waals surface area contributed by atoms with Crippen LogP contribution in [-0.2, 0) is 0 Å². The van der Waals surface area contributed by atoms with E-state index in [9.17, 15) is 4.79 Å². The summed E-state index contributed by atoms with van der Waals surface area (Å²) in [6.07, 6.45) is 2.51. The van der Waals surface area contributed by atoms with Gasteiger partial charge in [-0.15, -0.1) is 0 Å². The monoisotopic (exact) mass is 314 g/mol. The average molecular weight is 315 g/mol. The number of benzene rings is 2. The van der Waals surface area contributed by atoms with Crippen LogP contribution in [-0.4, -0.2) is 19.0 Å². The number of anilines is 2. The van der Waals surface area contributed by atoms with Crippen molar-refractivity contribution in [2.75, 3.05) is 23.3 Å². The number of hydrogen-bond acceptors (Lipinski definition) is 2. The predicted octanol–water partition coefficient (Wildman–Crippen LogP) is 4.50. The number of nitrogens with one attached hydrogen (secondary N) is 1. The highest BCUT2D eigenvalue weighted by Crippen LogP contribution is 2.27. The molecule has 4 heteroatoms. The minimum atomic E-state index is -0.182. The molecule has 1 fully saturated rings. The molecule has 0 radical (unpaired) electrons. The first-order valence-corrected chi connectivity index (χ1v) is 7.94. The number of carbonyl (C=O) groups is 1. The normalized spacial score (nSPS) is 14.2. The Hall–Kier alpha value is -2.00. The lowest BCUT2D eigenvalue weighted by Gasteiger charge is -2.20. The summed E-state index contributed by atoms with van der Waals surface area (Å²) in [5.41, 5.74) is 3.72. The van der Waals surface area contributed by atoms with Crippen molar-refractivity contribution in [2.24, 2.45) is 0 Å². The van der Waals surface area contributed by atoms with E-state index in [1.165, 1.54) is 24.1 Å². The second kappa shape index (κ2) is 6.41. The fourth-order valence-corrected chi connectivity index (χ4v) is 3.11. The van der Waals surface area contributed by atoms with Gasteiger partial charge < -0.3 is 10.2 Å². The quantitative estimate of drug-likeness (QED) is 0.904. The van der Waals surface area contributed by atoms with Gasteiger partial charge in [0, 0.05) is 24.5 Å². The van der Waals surface area contributed by atoms with Gasteiger partial charge in [-0.25, -0.2) is 0 Å². The second-order valence-corrected chi connectivity index (χ2v) is 6.04. The van der Waals surface area contributed by atoms with Crippen molar-refractivity contribution < 1.29 is 4.79 Å². The molecule has 0 aliphatic carbocycles. The summed E-state index contributed by atoms with van der Waals surface area (Å²) in [4.78, 5) is 14.7. The molecule has 0 aromatic heterocycles. The molecule has 3 rings (SSSR count). The zero-order chi connectivity index (χ0) is 15.5. The van der Waals surface area contributed by atoms with E-state index in [1.807, 2.05) is 24.3 Å². The number of halogens is 1. The van der Waals surface area contributed by atoms with Crippen molar-refractivity contribution in [2.45, 2.75) is 19.8 Å². The van der Waals surface area contributed by atoms with Crippen LogP contribution in [0.3, 0.4) is 0 Å². The van der Waals surface area contributed by atoms with Crippen LogP contribution in [0.25, 0.3) is 0 Å². The number of aryl methyl sites for hydroxylation is 1. The summed E-state index contributed by atoms with van der Waals surface area (Å²) in [6, 6.07) is 13.1. The Morgan fingerprint density at radius 1 is 1.14 bits per heavy atom.